The summed E-state index contributed by atoms with van der Waals surface area (Å²) in [7, 11) is 0. The zero-order valence-electron chi connectivity index (χ0n) is 9.73. The summed E-state index contributed by atoms with van der Waals surface area (Å²) in [4.78, 5) is 12.3. The maximum atomic E-state index is 11.7. The van der Waals surface area contributed by atoms with Crippen LogP contribution in [0.2, 0.25) is 0 Å². The SMILES string of the molecule is CC1(CNC(=O)c2cnns2)CCNCC1.Cl. The molecular formula is C10H17ClN4OS. The zero-order chi connectivity index (χ0) is 11.4. The van der Waals surface area contributed by atoms with Crippen LogP contribution in [0.15, 0.2) is 6.20 Å². The van der Waals surface area contributed by atoms with Crippen molar-refractivity contribution in [1.82, 2.24) is 20.2 Å². The van der Waals surface area contributed by atoms with Crippen molar-refractivity contribution in [1.29, 1.82) is 0 Å². The third kappa shape index (κ3) is 3.90. The van der Waals surface area contributed by atoms with Crippen molar-refractivity contribution in [2.75, 3.05) is 19.6 Å². The molecule has 0 unspecified atom stereocenters. The average Bonchev–Trinajstić information content (AvgIpc) is 2.80. The van der Waals surface area contributed by atoms with Crippen molar-refractivity contribution in [2.45, 2.75) is 19.8 Å². The Hall–Kier alpha value is -0.720. The van der Waals surface area contributed by atoms with E-state index in [1.807, 2.05) is 0 Å². The molecule has 0 spiro atoms. The first kappa shape index (κ1) is 14.3. The number of carbonyl (C=O) groups excluding carboxylic acids is 1. The molecule has 1 aromatic rings. The van der Waals surface area contributed by atoms with Gasteiger partial charge in [0, 0.05) is 6.54 Å². The van der Waals surface area contributed by atoms with E-state index in [1.165, 1.54) is 6.20 Å². The molecule has 0 atom stereocenters. The van der Waals surface area contributed by atoms with Crippen molar-refractivity contribution in [3.8, 4) is 0 Å². The molecule has 1 saturated heterocycles. The molecule has 0 saturated carbocycles. The van der Waals surface area contributed by atoms with Gasteiger partial charge in [-0.3, -0.25) is 4.79 Å². The lowest BCUT2D eigenvalue weighted by atomic mass is 9.81. The molecule has 0 bridgehead atoms. The first-order valence-electron chi connectivity index (χ1n) is 5.46. The van der Waals surface area contributed by atoms with Crippen LogP contribution < -0.4 is 10.6 Å². The molecule has 5 nitrogen and oxygen atoms in total. The highest BCUT2D eigenvalue weighted by Gasteiger charge is 2.27. The van der Waals surface area contributed by atoms with Gasteiger partial charge in [-0.1, -0.05) is 11.4 Å². The van der Waals surface area contributed by atoms with Crippen LogP contribution >= 0.6 is 23.9 Å². The van der Waals surface area contributed by atoms with Crippen LogP contribution in [-0.2, 0) is 0 Å². The fourth-order valence-corrected chi connectivity index (χ4v) is 2.29. The normalized spacial score (nSPS) is 18.2. The Morgan fingerprint density at radius 2 is 2.29 bits per heavy atom. The third-order valence-corrected chi connectivity index (χ3v) is 3.73. The van der Waals surface area contributed by atoms with Gasteiger partial charge in [0.05, 0.1) is 6.20 Å². The molecule has 0 aromatic carbocycles. The number of rotatable bonds is 3. The molecule has 2 heterocycles. The summed E-state index contributed by atoms with van der Waals surface area (Å²) in [6.07, 6.45) is 3.72. The van der Waals surface area contributed by atoms with E-state index in [-0.39, 0.29) is 23.7 Å². The van der Waals surface area contributed by atoms with Gasteiger partial charge in [0.15, 0.2) is 0 Å². The number of hydrogen-bond acceptors (Lipinski definition) is 5. The molecule has 0 aliphatic carbocycles. The van der Waals surface area contributed by atoms with Crippen LogP contribution in [0.3, 0.4) is 0 Å². The van der Waals surface area contributed by atoms with Gasteiger partial charge in [0.2, 0.25) is 0 Å². The monoisotopic (exact) mass is 276 g/mol. The lowest BCUT2D eigenvalue weighted by molar-refractivity contribution is 0.0926. The molecule has 1 amide bonds. The van der Waals surface area contributed by atoms with Crippen molar-refractivity contribution in [3.63, 3.8) is 0 Å². The summed E-state index contributed by atoms with van der Waals surface area (Å²) >= 11 is 1.13. The highest BCUT2D eigenvalue weighted by atomic mass is 35.5. The van der Waals surface area contributed by atoms with Crippen molar-refractivity contribution < 1.29 is 4.79 Å². The van der Waals surface area contributed by atoms with Crippen LogP contribution in [0.5, 0.6) is 0 Å². The number of aromatic nitrogens is 2. The Morgan fingerprint density at radius 1 is 1.59 bits per heavy atom. The molecule has 1 aliphatic heterocycles. The number of nitrogens with one attached hydrogen (secondary N) is 2. The fraction of sp³-hybridized carbons (Fsp3) is 0.700. The second-order valence-electron chi connectivity index (χ2n) is 4.53. The number of halogens is 1. The average molecular weight is 277 g/mol. The topological polar surface area (TPSA) is 66.9 Å². The highest BCUT2D eigenvalue weighted by molar-refractivity contribution is 7.07. The molecule has 1 aliphatic rings. The van der Waals surface area contributed by atoms with Gasteiger partial charge in [-0.05, 0) is 42.9 Å². The maximum absolute atomic E-state index is 11.7. The predicted octanol–water partition coefficient (Wildman–Crippen LogP) is 1.08. The van der Waals surface area contributed by atoms with Crippen LogP contribution in [-0.4, -0.2) is 35.1 Å². The number of piperidine rings is 1. The minimum Gasteiger partial charge on any atom is -0.351 e. The molecule has 2 rings (SSSR count). The molecule has 1 fully saturated rings. The van der Waals surface area contributed by atoms with E-state index in [9.17, 15) is 4.79 Å². The van der Waals surface area contributed by atoms with Gasteiger partial charge < -0.3 is 10.6 Å². The standard InChI is InChI=1S/C10H16N4OS.ClH/c1-10(2-4-11-5-3-10)7-12-9(15)8-6-13-14-16-8;/h6,11H,2-5,7H2,1H3,(H,12,15);1H. The third-order valence-electron chi connectivity index (χ3n) is 3.07. The van der Waals surface area contributed by atoms with Crippen LogP contribution in [0.25, 0.3) is 0 Å². The van der Waals surface area contributed by atoms with E-state index >= 15 is 0 Å². The molecule has 1 aromatic heterocycles. The molecule has 96 valence electrons. The zero-order valence-corrected chi connectivity index (χ0v) is 11.4. The van der Waals surface area contributed by atoms with Crippen LogP contribution in [0.4, 0.5) is 0 Å². The van der Waals surface area contributed by atoms with E-state index in [0.717, 1.165) is 44.0 Å². The van der Waals surface area contributed by atoms with Gasteiger partial charge in [-0.15, -0.1) is 17.5 Å². The van der Waals surface area contributed by atoms with E-state index in [1.54, 1.807) is 0 Å². The molecule has 2 N–H and O–H groups in total. The van der Waals surface area contributed by atoms with Crippen LogP contribution in [0, 0.1) is 5.41 Å². The second kappa shape index (κ2) is 6.28. The molecular weight excluding hydrogens is 260 g/mol. The van der Waals surface area contributed by atoms with Gasteiger partial charge in [0.25, 0.3) is 5.91 Å². The highest BCUT2D eigenvalue weighted by Crippen LogP contribution is 2.26. The summed E-state index contributed by atoms with van der Waals surface area (Å²) < 4.78 is 3.68. The fourth-order valence-electron chi connectivity index (χ4n) is 1.86. The van der Waals surface area contributed by atoms with E-state index in [0.29, 0.717) is 4.88 Å². The van der Waals surface area contributed by atoms with Crippen molar-refractivity contribution in [3.05, 3.63) is 11.1 Å². The van der Waals surface area contributed by atoms with Crippen LogP contribution in [0.1, 0.15) is 29.4 Å². The number of nitrogens with zero attached hydrogens (tertiary/aromatic N) is 2. The minimum atomic E-state index is -0.0604. The number of hydrogen-bond donors (Lipinski definition) is 2. The Balaban J connectivity index is 0.00000144. The summed E-state index contributed by atoms with van der Waals surface area (Å²) in [5, 5.41) is 9.94. The predicted molar refractivity (Wildman–Crippen MR) is 69.7 cm³/mol. The first-order valence-corrected chi connectivity index (χ1v) is 6.23. The van der Waals surface area contributed by atoms with E-state index in [2.05, 4.69) is 27.1 Å². The van der Waals surface area contributed by atoms with Gasteiger partial charge in [-0.25, -0.2) is 0 Å². The van der Waals surface area contributed by atoms with E-state index < -0.39 is 0 Å². The first-order chi connectivity index (χ1) is 7.70. The van der Waals surface area contributed by atoms with Gasteiger partial charge in [0.1, 0.15) is 4.88 Å². The number of amides is 1. The van der Waals surface area contributed by atoms with E-state index in [4.69, 9.17) is 0 Å². The summed E-state index contributed by atoms with van der Waals surface area (Å²) in [6.45, 7) is 5.02. The molecule has 17 heavy (non-hydrogen) atoms. The lowest BCUT2D eigenvalue weighted by Crippen LogP contribution is -2.42. The lowest BCUT2D eigenvalue weighted by Gasteiger charge is -2.34. The Bertz CT molecular complexity index is 351. The summed E-state index contributed by atoms with van der Waals surface area (Å²) in [6, 6.07) is 0. The maximum Gasteiger partial charge on any atom is 0.264 e. The summed E-state index contributed by atoms with van der Waals surface area (Å²) in [5.74, 6) is -0.0604. The minimum absolute atomic E-state index is 0. The molecule has 7 heteroatoms. The largest absolute Gasteiger partial charge is 0.351 e. The molecule has 0 radical (unpaired) electrons. The summed E-state index contributed by atoms with van der Waals surface area (Å²) in [5.41, 5.74) is 0.221. The Kier molecular flexibility index (Phi) is 5.30. The van der Waals surface area contributed by atoms with Crippen molar-refractivity contribution in [2.24, 2.45) is 5.41 Å². The van der Waals surface area contributed by atoms with Crippen molar-refractivity contribution >= 4 is 29.8 Å². The van der Waals surface area contributed by atoms with Gasteiger partial charge >= 0.3 is 0 Å². The second-order valence-corrected chi connectivity index (χ2v) is 5.31. The number of carbonyl (C=O) groups is 1. The Morgan fingerprint density at radius 3 is 2.88 bits per heavy atom. The Labute approximate surface area is 111 Å². The van der Waals surface area contributed by atoms with Gasteiger partial charge in [-0.2, -0.15) is 0 Å². The smallest absolute Gasteiger partial charge is 0.264 e. The quantitative estimate of drug-likeness (QED) is 0.867.